The molecule has 13 heteroatoms. The standard InChI is InChI=1S/C46H60N4O9/c51-43(11-10-31-4-1-5-32(22-31)25-40(44(52)53)35-12-15-47-28-35)50(18-20-58-38-8-2-6-33(23-38)26-41(45(54)55)36-13-16-48-29-36)19-21-59-39-9-3-7-34(24-39)27-42(46(56)57)37-14-17-49-30-37/h1-9,22-24,35-37,40-42,47-49H,10-21,25-30H2,(H,52,53)(H,54,55)(H,56,57). The number of ether oxygens (including phenoxy) is 2. The molecule has 0 bridgehead atoms. The summed E-state index contributed by atoms with van der Waals surface area (Å²) >= 11 is 0. The molecule has 3 aromatic carbocycles. The summed E-state index contributed by atoms with van der Waals surface area (Å²) in [6.45, 7) is 5.62. The smallest absolute Gasteiger partial charge is 0.307 e. The third-order valence-corrected chi connectivity index (χ3v) is 12.3. The molecule has 59 heavy (non-hydrogen) atoms. The van der Waals surface area contributed by atoms with Crippen LogP contribution >= 0.6 is 0 Å². The molecule has 13 nitrogen and oxygen atoms in total. The summed E-state index contributed by atoms with van der Waals surface area (Å²) in [6, 6.07) is 22.9. The van der Waals surface area contributed by atoms with Crippen molar-refractivity contribution in [2.24, 2.45) is 35.5 Å². The maximum Gasteiger partial charge on any atom is 0.307 e. The van der Waals surface area contributed by atoms with E-state index in [9.17, 15) is 34.5 Å². The first-order valence-corrected chi connectivity index (χ1v) is 21.2. The summed E-state index contributed by atoms with van der Waals surface area (Å²) in [4.78, 5) is 52.0. The number of aliphatic carboxylic acids is 3. The average Bonchev–Trinajstić information content (AvgIpc) is 4.06. The highest BCUT2D eigenvalue weighted by Gasteiger charge is 2.33. The van der Waals surface area contributed by atoms with Gasteiger partial charge in [0.05, 0.1) is 30.8 Å². The first kappa shape index (κ1) is 43.6. The summed E-state index contributed by atoms with van der Waals surface area (Å²) in [7, 11) is 0. The summed E-state index contributed by atoms with van der Waals surface area (Å²) in [6.07, 6.45) is 4.51. The van der Waals surface area contributed by atoms with Crippen molar-refractivity contribution >= 4 is 23.8 Å². The van der Waals surface area contributed by atoms with Crippen molar-refractivity contribution in [2.45, 2.75) is 51.4 Å². The van der Waals surface area contributed by atoms with Crippen LogP contribution < -0.4 is 25.4 Å². The molecule has 6 atom stereocenters. The van der Waals surface area contributed by atoms with Crippen LogP contribution in [0.5, 0.6) is 11.5 Å². The normalized spacial score (nSPS) is 20.4. The molecule has 3 saturated heterocycles. The lowest BCUT2D eigenvalue weighted by molar-refractivity contribution is -0.144. The van der Waals surface area contributed by atoms with E-state index in [0.717, 1.165) is 61.2 Å². The predicted octanol–water partition coefficient (Wildman–Crippen LogP) is 4.16. The van der Waals surface area contributed by atoms with Gasteiger partial charge in [0, 0.05) is 6.42 Å². The van der Waals surface area contributed by atoms with Crippen molar-refractivity contribution in [3.05, 3.63) is 95.1 Å². The SMILES string of the molecule is O=C(O)C(Cc1cccc(CCC(=O)N(CCOc2cccc(CC(C(=O)O)C3CCNC3)c2)CCOc2cccc(CC(C(=O)O)C3CCNC3)c2)c1)C1CCNC1. The number of carbonyl (C=O) groups excluding carboxylic acids is 1. The monoisotopic (exact) mass is 812 g/mol. The number of carbonyl (C=O) groups is 4. The highest BCUT2D eigenvalue weighted by Crippen LogP contribution is 2.28. The van der Waals surface area contributed by atoms with Crippen LogP contribution in [0.25, 0.3) is 0 Å². The minimum Gasteiger partial charge on any atom is -0.492 e. The van der Waals surface area contributed by atoms with E-state index in [0.29, 0.717) is 69.9 Å². The number of hydrogen-bond donors (Lipinski definition) is 6. The fourth-order valence-electron chi connectivity index (χ4n) is 8.94. The molecule has 3 fully saturated rings. The number of carboxylic acid groups (broad SMARTS) is 3. The van der Waals surface area contributed by atoms with Crippen molar-refractivity contribution in [1.82, 2.24) is 20.9 Å². The van der Waals surface area contributed by atoms with Crippen LogP contribution in [0.4, 0.5) is 0 Å². The minimum absolute atomic E-state index is 0.0745. The highest BCUT2D eigenvalue weighted by atomic mass is 16.5. The van der Waals surface area contributed by atoms with Gasteiger partial charge in [-0.05, 0) is 148 Å². The van der Waals surface area contributed by atoms with Crippen LogP contribution in [0.3, 0.4) is 0 Å². The van der Waals surface area contributed by atoms with Crippen LogP contribution in [-0.2, 0) is 44.9 Å². The van der Waals surface area contributed by atoms with Crippen molar-refractivity contribution < 1.29 is 44.0 Å². The molecule has 6 unspecified atom stereocenters. The van der Waals surface area contributed by atoms with Gasteiger partial charge >= 0.3 is 17.9 Å². The van der Waals surface area contributed by atoms with E-state index in [-0.39, 0.29) is 43.3 Å². The van der Waals surface area contributed by atoms with Crippen LogP contribution in [-0.4, -0.2) is 110 Å². The van der Waals surface area contributed by atoms with Gasteiger partial charge in [-0.15, -0.1) is 0 Å². The van der Waals surface area contributed by atoms with Crippen molar-refractivity contribution in [1.29, 1.82) is 0 Å². The molecular formula is C46H60N4O9. The van der Waals surface area contributed by atoms with E-state index < -0.39 is 35.7 Å². The lowest BCUT2D eigenvalue weighted by atomic mass is 9.86. The van der Waals surface area contributed by atoms with Crippen LogP contribution in [0.1, 0.15) is 47.9 Å². The summed E-state index contributed by atoms with van der Waals surface area (Å²) in [5, 5.41) is 39.7. The second-order valence-corrected chi connectivity index (χ2v) is 16.4. The fourth-order valence-corrected chi connectivity index (χ4v) is 8.94. The topological polar surface area (TPSA) is 187 Å². The van der Waals surface area contributed by atoms with E-state index in [2.05, 4.69) is 16.0 Å². The van der Waals surface area contributed by atoms with Crippen molar-refractivity contribution in [3.8, 4) is 11.5 Å². The van der Waals surface area contributed by atoms with E-state index in [1.165, 1.54) is 0 Å². The Morgan fingerprint density at radius 3 is 1.36 bits per heavy atom. The molecule has 0 radical (unpaired) electrons. The third kappa shape index (κ3) is 13.0. The van der Waals surface area contributed by atoms with Gasteiger partial charge < -0.3 is 45.6 Å². The second-order valence-electron chi connectivity index (χ2n) is 16.4. The fraction of sp³-hybridized carbons (Fsp3) is 0.522. The zero-order valence-corrected chi connectivity index (χ0v) is 33.9. The zero-order chi connectivity index (χ0) is 41.6. The van der Waals surface area contributed by atoms with Crippen LogP contribution in [0.15, 0.2) is 72.8 Å². The molecule has 3 aliphatic rings. The van der Waals surface area contributed by atoms with E-state index in [4.69, 9.17) is 9.47 Å². The van der Waals surface area contributed by atoms with E-state index >= 15 is 0 Å². The van der Waals surface area contributed by atoms with Gasteiger partial charge in [-0.2, -0.15) is 0 Å². The van der Waals surface area contributed by atoms with Gasteiger partial charge in [-0.1, -0.05) is 48.5 Å². The van der Waals surface area contributed by atoms with Crippen molar-refractivity contribution in [3.63, 3.8) is 0 Å². The molecule has 3 aromatic rings. The Bertz CT molecular complexity index is 1770. The number of nitrogens with zero attached hydrogens (tertiary/aromatic N) is 1. The van der Waals surface area contributed by atoms with Gasteiger partial charge in [0.15, 0.2) is 0 Å². The predicted molar refractivity (Wildman–Crippen MR) is 223 cm³/mol. The molecule has 318 valence electrons. The van der Waals surface area contributed by atoms with Gasteiger partial charge in [-0.25, -0.2) is 0 Å². The first-order chi connectivity index (χ1) is 28.6. The summed E-state index contributed by atoms with van der Waals surface area (Å²) in [5.41, 5.74) is 3.68. The zero-order valence-electron chi connectivity index (χ0n) is 33.9. The number of hydrogen-bond acceptors (Lipinski definition) is 9. The number of aryl methyl sites for hydroxylation is 1. The van der Waals surface area contributed by atoms with E-state index in [1.54, 1.807) is 4.90 Å². The lowest BCUT2D eigenvalue weighted by Gasteiger charge is -2.24. The third-order valence-electron chi connectivity index (χ3n) is 12.3. The Morgan fingerprint density at radius 1 is 0.576 bits per heavy atom. The number of carboxylic acids is 3. The number of rotatable bonds is 23. The molecule has 0 aliphatic carbocycles. The number of amides is 1. The van der Waals surface area contributed by atoms with Gasteiger partial charge in [0.1, 0.15) is 24.7 Å². The Morgan fingerprint density at radius 2 is 0.966 bits per heavy atom. The molecule has 6 rings (SSSR count). The van der Waals surface area contributed by atoms with Crippen molar-refractivity contribution in [2.75, 3.05) is 65.6 Å². The maximum absolute atomic E-state index is 13.9. The molecule has 3 heterocycles. The van der Waals surface area contributed by atoms with Gasteiger partial charge in [0.25, 0.3) is 0 Å². The average molecular weight is 813 g/mol. The minimum atomic E-state index is -0.794. The molecule has 0 spiro atoms. The Hall–Kier alpha value is -4.98. The van der Waals surface area contributed by atoms with E-state index in [1.807, 2.05) is 72.8 Å². The van der Waals surface area contributed by atoms with Gasteiger partial charge in [0.2, 0.25) is 5.91 Å². The molecule has 1 amide bonds. The summed E-state index contributed by atoms with van der Waals surface area (Å²) < 4.78 is 12.3. The molecule has 6 N–H and O–H groups in total. The highest BCUT2D eigenvalue weighted by molar-refractivity contribution is 5.76. The largest absolute Gasteiger partial charge is 0.492 e. The number of benzene rings is 3. The van der Waals surface area contributed by atoms with Gasteiger partial charge in [-0.3, -0.25) is 19.2 Å². The molecule has 0 saturated carbocycles. The Balaban J connectivity index is 1.08. The molecule has 3 aliphatic heterocycles. The lowest BCUT2D eigenvalue weighted by Crippen LogP contribution is -2.37. The Kier molecular flexibility index (Phi) is 16.2. The molecular weight excluding hydrogens is 753 g/mol. The number of nitrogens with one attached hydrogen (secondary N) is 3. The molecule has 0 aromatic heterocycles. The second kappa shape index (κ2) is 21.9. The quantitative estimate of drug-likeness (QED) is 0.0805. The first-order valence-electron chi connectivity index (χ1n) is 21.2. The maximum atomic E-state index is 13.9. The summed E-state index contributed by atoms with van der Waals surface area (Å²) in [5.74, 6) is -2.42. The van der Waals surface area contributed by atoms with Crippen LogP contribution in [0, 0.1) is 35.5 Å². The Labute approximate surface area is 346 Å². The van der Waals surface area contributed by atoms with Crippen LogP contribution in [0.2, 0.25) is 0 Å².